The largest absolute Gasteiger partial charge is 0.353 e. The minimum absolute atomic E-state index is 0. The maximum Gasteiger partial charge on any atom is 0.242 e. The summed E-state index contributed by atoms with van der Waals surface area (Å²) in [6, 6.07) is -0.121. The van der Waals surface area contributed by atoms with Crippen molar-refractivity contribution in [2.75, 3.05) is 13.1 Å². The molecule has 0 aromatic rings. The molecule has 1 aliphatic rings. The standard InChI is InChI=1S/C14H27N3O2.ClH/c1-4-15-10(2)9-16-14(19)13(17-11(3)18)12-7-5-6-8-12;/h10,12-13,15H,4-9H2,1-3H3,(H,16,19)(H,17,18);1H/t10-,13?;/m1./s1. The van der Waals surface area contributed by atoms with E-state index in [9.17, 15) is 9.59 Å². The molecular weight excluding hydrogens is 278 g/mol. The summed E-state index contributed by atoms with van der Waals surface area (Å²) >= 11 is 0. The van der Waals surface area contributed by atoms with Crippen molar-refractivity contribution < 1.29 is 9.59 Å². The SMILES string of the molecule is CCN[C@H](C)CNC(=O)C(NC(C)=O)C1CCCC1.Cl. The van der Waals surface area contributed by atoms with Crippen LogP contribution in [0.25, 0.3) is 0 Å². The predicted octanol–water partition coefficient (Wildman–Crippen LogP) is 1.22. The van der Waals surface area contributed by atoms with Crippen molar-refractivity contribution in [2.24, 2.45) is 5.92 Å². The topological polar surface area (TPSA) is 70.2 Å². The van der Waals surface area contributed by atoms with E-state index >= 15 is 0 Å². The lowest BCUT2D eigenvalue weighted by molar-refractivity contribution is -0.129. The van der Waals surface area contributed by atoms with Crippen LogP contribution in [-0.2, 0) is 9.59 Å². The van der Waals surface area contributed by atoms with Crippen LogP contribution in [0.1, 0.15) is 46.5 Å². The molecule has 2 amide bonds. The smallest absolute Gasteiger partial charge is 0.242 e. The first-order chi connectivity index (χ1) is 9.04. The Kier molecular flexibility index (Phi) is 9.59. The van der Waals surface area contributed by atoms with E-state index in [0.29, 0.717) is 12.5 Å². The second-order valence-corrected chi connectivity index (χ2v) is 5.43. The predicted molar refractivity (Wildman–Crippen MR) is 83.0 cm³/mol. The molecule has 118 valence electrons. The van der Waals surface area contributed by atoms with Crippen LogP contribution < -0.4 is 16.0 Å². The van der Waals surface area contributed by atoms with Crippen LogP contribution in [0.4, 0.5) is 0 Å². The van der Waals surface area contributed by atoms with Gasteiger partial charge >= 0.3 is 0 Å². The zero-order chi connectivity index (χ0) is 14.3. The Morgan fingerprint density at radius 1 is 1.25 bits per heavy atom. The third-order valence-electron chi connectivity index (χ3n) is 3.65. The Balaban J connectivity index is 0.00000361. The van der Waals surface area contributed by atoms with Gasteiger partial charge in [0.05, 0.1) is 0 Å². The Hall–Kier alpha value is -0.810. The van der Waals surface area contributed by atoms with Gasteiger partial charge in [-0.05, 0) is 32.2 Å². The van der Waals surface area contributed by atoms with Crippen LogP contribution in [0, 0.1) is 5.92 Å². The van der Waals surface area contributed by atoms with Crippen LogP contribution in [0.3, 0.4) is 0 Å². The Morgan fingerprint density at radius 3 is 2.35 bits per heavy atom. The average molecular weight is 306 g/mol. The summed E-state index contributed by atoms with van der Waals surface area (Å²) in [6.45, 7) is 7.02. The van der Waals surface area contributed by atoms with Gasteiger partial charge in [0, 0.05) is 19.5 Å². The second-order valence-electron chi connectivity index (χ2n) is 5.43. The molecular formula is C14H28ClN3O2. The third kappa shape index (κ3) is 6.57. The lowest BCUT2D eigenvalue weighted by Crippen LogP contribution is -2.52. The van der Waals surface area contributed by atoms with E-state index in [4.69, 9.17) is 0 Å². The molecule has 0 radical (unpaired) electrons. The number of carbonyl (C=O) groups is 2. The normalized spacial score (nSPS) is 17.9. The van der Waals surface area contributed by atoms with Gasteiger partial charge in [-0.15, -0.1) is 12.4 Å². The summed E-state index contributed by atoms with van der Waals surface area (Å²) in [5.74, 6) is 0.108. The molecule has 6 heteroatoms. The molecule has 1 aliphatic carbocycles. The molecule has 5 nitrogen and oxygen atoms in total. The summed E-state index contributed by atoms with van der Waals surface area (Å²) < 4.78 is 0. The Bertz CT molecular complexity index is 307. The van der Waals surface area contributed by atoms with E-state index in [1.807, 2.05) is 13.8 Å². The molecule has 2 atom stereocenters. The van der Waals surface area contributed by atoms with Gasteiger partial charge < -0.3 is 16.0 Å². The van der Waals surface area contributed by atoms with E-state index in [1.165, 1.54) is 6.92 Å². The lowest BCUT2D eigenvalue weighted by Gasteiger charge is -2.24. The fourth-order valence-electron chi connectivity index (χ4n) is 2.69. The van der Waals surface area contributed by atoms with E-state index in [1.54, 1.807) is 0 Å². The van der Waals surface area contributed by atoms with Gasteiger partial charge in [0.15, 0.2) is 0 Å². The van der Waals surface area contributed by atoms with Crippen LogP contribution in [0.5, 0.6) is 0 Å². The monoisotopic (exact) mass is 305 g/mol. The number of likely N-dealkylation sites (N-methyl/N-ethyl adjacent to an activating group) is 1. The molecule has 0 heterocycles. The molecule has 1 unspecified atom stereocenters. The molecule has 1 fully saturated rings. The quantitative estimate of drug-likeness (QED) is 0.662. The van der Waals surface area contributed by atoms with Crippen molar-refractivity contribution >= 4 is 24.2 Å². The Labute approximate surface area is 128 Å². The molecule has 1 rings (SSSR count). The van der Waals surface area contributed by atoms with Gasteiger partial charge in [-0.3, -0.25) is 9.59 Å². The first-order valence-electron chi connectivity index (χ1n) is 7.32. The summed E-state index contributed by atoms with van der Waals surface area (Å²) in [5, 5.41) is 8.99. The van der Waals surface area contributed by atoms with Gasteiger partial charge in [-0.25, -0.2) is 0 Å². The van der Waals surface area contributed by atoms with Crippen LogP contribution >= 0.6 is 12.4 Å². The van der Waals surface area contributed by atoms with Crippen molar-refractivity contribution in [3.8, 4) is 0 Å². The van der Waals surface area contributed by atoms with Crippen molar-refractivity contribution in [3.05, 3.63) is 0 Å². The van der Waals surface area contributed by atoms with Gasteiger partial charge in [-0.1, -0.05) is 19.8 Å². The first-order valence-corrected chi connectivity index (χ1v) is 7.32. The molecule has 3 N–H and O–H groups in total. The molecule has 1 saturated carbocycles. The number of hydrogen-bond donors (Lipinski definition) is 3. The highest BCUT2D eigenvalue weighted by Crippen LogP contribution is 2.27. The first kappa shape index (κ1) is 19.2. The van der Waals surface area contributed by atoms with Gasteiger partial charge in [0.25, 0.3) is 0 Å². The van der Waals surface area contributed by atoms with Crippen molar-refractivity contribution in [2.45, 2.75) is 58.5 Å². The molecule has 0 spiro atoms. The molecule has 20 heavy (non-hydrogen) atoms. The number of hydrogen-bond acceptors (Lipinski definition) is 3. The van der Waals surface area contributed by atoms with Crippen LogP contribution in [-0.4, -0.2) is 37.0 Å². The van der Waals surface area contributed by atoms with Crippen molar-refractivity contribution in [1.82, 2.24) is 16.0 Å². The van der Waals surface area contributed by atoms with E-state index in [0.717, 1.165) is 32.2 Å². The minimum Gasteiger partial charge on any atom is -0.353 e. The average Bonchev–Trinajstić information content (AvgIpc) is 2.86. The molecule has 0 aliphatic heterocycles. The number of rotatable bonds is 7. The molecule has 0 saturated heterocycles. The lowest BCUT2D eigenvalue weighted by atomic mass is 9.97. The van der Waals surface area contributed by atoms with E-state index in [2.05, 4.69) is 16.0 Å². The maximum atomic E-state index is 12.2. The van der Waals surface area contributed by atoms with Crippen LogP contribution in [0.2, 0.25) is 0 Å². The highest BCUT2D eigenvalue weighted by molar-refractivity contribution is 5.87. The zero-order valence-corrected chi connectivity index (χ0v) is 13.5. The maximum absolute atomic E-state index is 12.2. The second kappa shape index (κ2) is 10.00. The van der Waals surface area contributed by atoms with Crippen molar-refractivity contribution in [1.29, 1.82) is 0 Å². The summed E-state index contributed by atoms with van der Waals surface area (Å²) in [7, 11) is 0. The molecule has 0 aromatic heterocycles. The fourth-order valence-corrected chi connectivity index (χ4v) is 2.69. The molecule has 0 bridgehead atoms. The zero-order valence-electron chi connectivity index (χ0n) is 12.7. The third-order valence-corrected chi connectivity index (χ3v) is 3.65. The van der Waals surface area contributed by atoms with Gasteiger partial charge in [0.2, 0.25) is 11.8 Å². The van der Waals surface area contributed by atoms with Gasteiger partial charge in [-0.2, -0.15) is 0 Å². The minimum atomic E-state index is -0.367. The molecule has 0 aromatic carbocycles. The summed E-state index contributed by atoms with van der Waals surface area (Å²) in [5.41, 5.74) is 0. The van der Waals surface area contributed by atoms with E-state index in [-0.39, 0.29) is 36.3 Å². The van der Waals surface area contributed by atoms with Crippen molar-refractivity contribution in [3.63, 3.8) is 0 Å². The van der Waals surface area contributed by atoms with Crippen LogP contribution in [0.15, 0.2) is 0 Å². The van der Waals surface area contributed by atoms with Gasteiger partial charge in [0.1, 0.15) is 6.04 Å². The fraction of sp³-hybridized carbons (Fsp3) is 0.857. The Morgan fingerprint density at radius 2 is 1.85 bits per heavy atom. The van der Waals surface area contributed by atoms with E-state index < -0.39 is 0 Å². The summed E-state index contributed by atoms with van der Waals surface area (Å²) in [4.78, 5) is 23.5. The highest BCUT2D eigenvalue weighted by atomic mass is 35.5. The number of halogens is 1. The number of amides is 2. The summed E-state index contributed by atoms with van der Waals surface area (Å²) in [6.07, 6.45) is 4.37. The number of carbonyl (C=O) groups excluding carboxylic acids is 2. The number of nitrogens with one attached hydrogen (secondary N) is 3. The highest BCUT2D eigenvalue weighted by Gasteiger charge is 2.31.